The Bertz CT molecular complexity index is 984. The van der Waals surface area contributed by atoms with Crippen molar-refractivity contribution in [2.75, 3.05) is 26.7 Å². The van der Waals surface area contributed by atoms with E-state index in [1.54, 1.807) is 37.3 Å². The highest BCUT2D eigenvalue weighted by Crippen LogP contribution is 2.22. The second kappa shape index (κ2) is 9.65. The number of hydrogen-bond acceptors (Lipinski definition) is 7. The van der Waals surface area contributed by atoms with Gasteiger partial charge < -0.3 is 20.6 Å². The molecule has 0 saturated carbocycles. The summed E-state index contributed by atoms with van der Waals surface area (Å²) in [6.07, 6.45) is 0. The Morgan fingerprint density at radius 3 is 2.39 bits per heavy atom. The third-order valence-electron chi connectivity index (χ3n) is 5.30. The molecule has 0 bridgehead atoms. The van der Waals surface area contributed by atoms with E-state index in [0.717, 1.165) is 9.96 Å². The zero-order chi connectivity index (χ0) is 24.3. The van der Waals surface area contributed by atoms with Crippen LogP contribution in [0.1, 0.15) is 18.5 Å². The third-order valence-corrected chi connectivity index (χ3v) is 5.30. The molecule has 33 heavy (non-hydrogen) atoms. The van der Waals surface area contributed by atoms with E-state index in [9.17, 15) is 28.8 Å². The Morgan fingerprint density at radius 1 is 1.12 bits per heavy atom. The zero-order valence-corrected chi connectivity index (χ0v) is 17.9. The van der Waals surface area contributed by atoms with Gasteiger partial charge in [0.2, 0.25) is 5.91 Å². The minimum Gasteiger partial charge on any atom is -0.479 e. The van der Waals surface area contributed by atoms with Crippen molar-refractivity contribution in [1.82, 2.24) is 25.5 Å². The maximum atomic E-state index is 13.0. The maximum Gasteiger partial charge on any atom is 0.332 e. The second-order valence-corrected chi connectivity index (χ2v) is 7.53. The lowest BCUT2D eigenvalue weighted by Gasteiger charge is -2.43. The van der Waals surface area contributed by atoms with Gasteiger partial charge in [0.25, 0.3) is 5.91 Å². The number of carbonyl (C=O) groups excluding carboxylic acids is 5. The predicted molar refractivity (Wildman–Crippen MR) is 109 cm³/mol. The average Bonchev–Trinajstić information content (AvgIpc) is 2.79. The van der Waals surface area contributed by atoms with Gasteiger partial charge in [0.05, 0.1) is 6.04 Å². The first-order chi connectivity index (χ1) is 15.6. The first-order valence-corrected chi connectivity index (χ1v) is 10.0. The van der Waals surface area contributed by atoms with E-state index in [4.69, 9.17) is 9.94 Å². The molecule has 13 nitrogen and oxygen atoms in total. The van der Waals surface area contributed by atoms with Crippen molar-refractivity contribution in [3.63, 3.8) is 0 Å². The molecule has 0 aromatic heterocycles. The van der Waals surface area contributed by atoms with Gasteiger partial charge in [-0.05, 0) is 12.5 Å². The lowest BCUT2D eigenvalue weighted by Crippen LogP contribution is -2.70. The number of likely N-dealkylation sites (N-methyl/N-ethyl adjacent to an activating group) is 1. The van der Waals surface area contributed by atoms with Crippen molar-refractivity contribution >= 4 is 35.6 Å². The van der Waals surface area contributed by atoms with Crippen LogP contribution in [-0.2, 0) is 28.8 Å². The molecular weight excluding hydrogens is 438 g/mol. The summed E-state index contributed by atoms with van der Waals surface area (Å²) in [6.45, 7) is 0.959. The van der Waals surface area contributed by atoms with Crippen molar-refractivity contribution in [1.29, 1.82) is 0 Å². The van der Waals surface area contributed by atoms with Crippen molar-refractivity contribution in [2.24, 2.45) is 0 Å². The number of hydroxylamine groups is 2. The van der Waals surface area contributed by atoms with E-state index in [2.05, 4.69) is 10.6 Å². The summed E-state index contributed by atoms with van der Waals surface area (Å²) < 4.78 is 0. The van der Waals surface area contributed by atoms with E-state index >= 15 is 0 Å². The Kier molecular flexibility index (Phi) is 6.92. The van der Waals surface area contributed by atoms with Gasteiger partial charge in [-0.2, -0.15) is 0 Å². The van der Waals surface area contributed by atoms with Crippen molar-refractivity contribution < 1.29 is 38.7 Å². The number of imide groups is 1. The fourth-order valence-corrected chi connectivity index (χ4v) is 3.39. The van der Waals surface area contributed by atoms with Crippen LogP contribution in [0, 0.1) is 0 Å². The van der Waals surface area contributed by atoms with Gasteiger partial charge in [-0.3, -0.25) is 28.9 Å². The largest absolute Gasteiger partial charge is 0.479 e. The molecule has 1 unspecified atom stereocenters. The lowest BCUT2D eigenvalue weighted by atomic mass is 9.98. The standard InChI is InChI=1S/C20H23N5O8/c1-11-14(17(29)25(11)33-10-13(26)27)21-16(28)15(12-6-4-3-5-7-12)22-20(32)24-9-8-23(2)18(30)19(24)31/h3-7,11,14-15H,8-10H2,1-2H3,(H,21,28)(H,22,32)(H,26,27)/t11-,14-,15?/m0/s1. The molecule has 0 radical (unpaired) electrons. The van der Waals surface area contributed by atoms with Gasteiger partial charge in [-0.25, -0.2) is 14.7 Å². The first-order valence-electron chi connectivity index (χ1n) is 10.0. The van der Waals surface area contributed by atoms with Gasteiger partial charge in [0.15, 0.2) is 6.61 Å². The molecule has 0 spiro atoms. The van der Waals surface area contributed by atoms with Crippen molar-refractivity contribution in [2.45, 2.75) is 25.0 Å². The average molecular weight is 461 g/mol. The fraction of sp³-hybridized carbons (Fsp3) is 0.400. The molecule has 176 valence electrons. The molecule has 3 N–H and O–H groups in total. The Balaban J connectivity index is 1.71. The highest BCUT2D eigenvalue weighted by atomic mass is 16.7. The summed E-state index contributed by atoms with van der Waals surface area (Å²) in [5, 5.41) is 14.5. The number of piperazine rings is 1. The topological polar surface area (TPSA) is 166 Å². The molecule has 3 atom stereocenters. The maximum absolute atomic E-state index is 13.0. The number of β-lactam (4-membered cyclic amide) rings is 1. The van der Waals surface area contributed by atoms with Crippen LogP contribution in [0.2, 0.25) is 0 Å². The molecule has 1 aromatic carbocycles. The van der Waals surface area contributed by atoms with E-state index in [1.165, 1.54) is 11.9 Å². The number of nitrogens with one attached hydrogen (secondary N) is 2. The summed E-state index contributed by atoms with van der Waals surface area (Å²) in [5.41, 5.74) is 0.384. The summed E-state index contributed by atoms with van der Waals surface area (Å²) in [5.74, 6) is -4.48. The van der Waals surface area contributed by atoms with Gasteiger partial charge in [-0.15, -0.1) is 0 Å². The van der Waals surface area contributed by atoms with Crippen molar-refractivity contribution in [3.8, 4) is 0 Å². The smallest absolute Gasteiger partial charge is 0.332 e. The predicted octanol–water partition coefficient (Wildman–Crippen LogP) is -1.53. The first kappa shape index (κ1) is 23.7. The van der Waals surface area contributed by atoms with Crippen LogP contribution in [0.15, 0.2) is 30.3 Å². The number of urea groups is 1. The number of rotatable bonds is 7. The molecule has 6 amide bonds. The number of nitrogens with zero attached hydrogens (tertiary/aromatic N) is 3. The number of hydrogen-bond donors (Lipinski definition) is 3. The molecule has 3 rings (SSSR count). The Labute approximate surface area is 188 Å². The molecule has 2 heterocycles. The van der Waals surface area contributed by atoms with E-state index in [-0.39, 0.29) is 13.1 Å². The monoisotopic (exact) mass is 461 g/mol. The third kappa shape index (κ3) is 4.92. The molecular formula is C20H23N5O8. The summed E-state index contributed by atoms with van der Waals surface area (Å²) in [7, 11) is 1.44. The van der Waals surface area contributed by atoms with E-state index in [1.807, 2.05) is 0 Å². The van der Waals surface area contributed by atoms with E-state index < -0.39 is 60.4 Å². The van der Waals surface area contributed by atoms with Crippen LogP contribution in [0.5, 0.6) is 0 Å². The molecule has 2 fully saturated rings. The van der Waals surface area contributed by atoms with Crippen LogP contribution >= 0.6 is 0 Å². The number of carbonyl (C=O) groups is 6. The summed E-state index contributed by atoms with van der Waals surface area (Å²) >= 11 is 0. The highest BCUT2D eigenvalue weighted by molar-refractivity contribution is 6.38. The molecule has 2 aliphatic heterocycles. The van der Waals surface area contributed by atoms with Gasteiger partial charge >= 0.3 is 23.8 Å². The van der Waals surface area contributed by atoms with Crippen LogP contribution in [0.3, 0.4) is 0 Å². The second-order valence-electron chi connectivity index (χ2n) is 7.53. The van der Waals surface area contributed by atoms with Gasteiger partial charge in [-0.1, -0.05) is 30.3 Å². The van der Waals surface area contributed by atoms with Crippen LogP contribution in [0.25, 0.3) is 0 Å². The number of carboxylic acid groups (broad SMARTS) is 1. The fourth-order valence-electron chi connectivity index (χ4n) is 3.39. The number of carboxylic acids is 1. The molecule has 0 aliphatic carbocycles. The normalized spacial score (nSPS) is 21.4. The number of aliphatic carboxylic acids is 1. The van der Waals surface area contributed by atoms with Crippen molar-refractivity contribution in [3.05, 3.63) is 35.9 Å². The van der Waals surface area contributed by atoms with Gasteiger partial charge in [0, 0.05) is 20.1 Å². The SMILES string of the molecule is C[C@H]1[C@H](NC(=O)C(NC(=O)N2CCN(C)C(=O)C2=O)c2ccccc2)C(=O)N1OCC(=O)O. The van der Waals surface area contributed by atoms with Crippen LogP contribution < -0.4 is 10.6 Å². The summed E-state index contributed by atoms with van der Waals surface area (Å²) in [6, 6.07) is 4.31. The highest BCUT2D eigenvalue weighted by Gasteiger charge is 2.48. The Morgan fingerprint density at radius 2 is 1.79 bits per heavy atom. The van der Waals surface area contributed by atoms with Crippen LogP contribution in [0.4, 0.5) is 4.79 Å². The van der Waals surface area contributed by atoms with Gasteiger partial charge in [0.1, 0.15) is 12.1 Å². The minimum absolute atomic E-state index is 0.0376. The quantitative estimate of drug-likeness (QED) is 0.325. The van der Waals surface area contributed by atoms with Crippen LogP contribution in [-0.4, -0.2) is 94.4 Å². The molecule has 2 aliphatic rings. The number of benzene rings is 1. The summed E-state index contributed by atoms with van der Waals surface area (Å²) in [4.78, 5) is 79.6. The minimum atomic E-state index is -1.27. The van der Waals surface area contributed by atoms with E-state index in [0.29, 0.717) is 5.56 Å². The molecule has 2 saturated heterocycles. The molecule has 13 heteroatoms. The Hall–Kier alpha value is -4.00. The lowest BCUT2D eigenvalue weighted by molar-refractivity contribution is -0.233. The molecule has 1 aromatic rings. The zero-order valence-electron chi connectivity index (χ0n) is 17.9. The number of amides is 6.